The van der Waals surface area contributed by atoms with Gasteiger partial charge in [0, 0.05) is 36.0 Å². The van der Waals surface area contributed by atoms with Crippen LogP contribution in [0.25, 0.3) is 11.0 Å². The molecule has 4 rings (SSSR count). The van der Waals surface area contributed by atoms with E-state index in [0.717, 1.165) is 10.9 Å². The number of likely N-dealkylation sites (tertiary alicyclic amines) is 1. The molecular weight excluding hydrogens is 382 g/mol. The summed E-state index contributed by atoms with van der Waals surface area (Å²) in [5, 5.41) is 7.86. The van der Waals surface area contributed by atoms with E-state index in [0.29, 0.717) is 53.9 Å². The summed E-state index contributed by atoms with van der Waals surface area (Å²) >= 11 is 6.18. The van der Waals surface area contributed by atoms with Gasteiger partial charge in [-0.25, -0.2) is 0 Å². The molecule has 1 fully saturated rings. The number of nitrogens with one attached hydrogen (secondary N) is 1. The maximum absolute atomic E-state index is 12.9. The van der Waals surface area contributed by atoms with Crippen molar-refractivity contribution in [1.29, 1.82) is 0 Å². The van der Waals surface area contributed by atoms with Crippen LogP contribution in [0.2, 0.25) is 5.02 Å². The number of hydrogen-bond donors (Lipinski definition) is 1. The first-order valence-corrected chi connectivity index (χ1v) is 9.53. The van der Waals surface area contributed by atoms with Crippen molar-refractivity contribution in [2.24, 2.45) is 5.92 Å². The maximum Gasteiger partial charge on any atom is 0.289 e. The molecular formula is C20H20ClN3O4. The zero-order valence-corrected chi connectivity index (χ0v) is 16.4. The van der Waals surface area contributed by atoms with Crippen LogP contribution in [0.4, 0.5) is 5.82 Å². The van der Waals surface area contributed by atoms with Gasteiger partial charge in [-0.3, -0.25) is 9.59 Å². The fourth-order valence-electron chi connectivity index (χ4n) is 3.55. The number of rotatable bonds is 3. The molecule has 0 spiro atoms. The van der Waals surface area contributed by atoms with Crippen LogP contribution in [0.3, 0.4) is 0 Å². The Kier molecular flexibility index (Phi) is 4.85. The molecule has 0 unspecified atom stereocenters. The zero-order chi connectivity index (χ0) is 19.8. The molecule has 0 radical (unpaired) electrons. The molecule has 1 aliphatic heterocycles. The largest absolute Gasteiger partial charge is 0.449 e. The van der Waals surface area contributed by atoms with Gasteiger partial charge in [0.05, 0.1) is 5.02 Å². The van der Waals surface area contributed by atoms with Crippen molar-refractivity contribution in [3.63, 3.8) is 0 Å². The maximum atomic E-state index is 12.9. The molecule has 0 saturated carbocycles. The van der Waals surface area contributed by atoms with Gasteiger partial charge in [0.2, 0.25) is 5.91 Å². The Bertz CT molecular complexity index is 1050. The fourth-order valence-corrected chi connectivity index (χ4v) is 3.77. The number of carbonyl (C=O) groups is 2. The minimum Gasteiger partial charge on any atom is -0.449 e. The summed E-state index contributed by atoms with van der Waals surface area (Å²) in [5.74, 6) is 0.909. The van der Waals surface area contributed by atoms with Crippen LogP contribution in [0.15, 0.2) is 33.2 Å². The highest BCUT2D eigenvalue weighted by atomic mass is 35.5. The van der Waals surface area contributed by atoms with Gasteiger partial charge in [0.25, 0.3) is 5.91 Å². The van der Waals surface area contributed by atoms with E-state index in [1.54, 1.807) is 24.0 Å². The second-order valence-electron chi connectivity index (χ2n) is 7.05. The van der Waals surface area contributed by atoms with Crippen molar-refractivity contribution in [2.75, 3.05) is 18.4 Å². The topological polar surface area (TPSA) is 88.6 Å². The van der Waals surface area contributed by atoms with E-state index in [9.17, 15) is 9.59 Å². The Morgan fingerprint density at radius 3 is 2.64 bits per heavy atom. The molecule has 2 amide bonds. The van der Waals surface area contributed by atoms with E-state index in [4.69, 9.17) is 20.5 Å². The van der Waals surface area contributed by atoms with E-state index in [-0.39, 0.29) is 17.7 Å². The van der Waals surface area contributed by atoms with E-state index < -0.39 is 0 Å². The predicted octanol–water partition coefficient (Wildman–Crippen LogP) is 4.18. The second-order valence-corrected chi connectivity index (χ2v) is 7.46. The first-order chi connectivity index (χ1) is 13.4. The van der Waals surface area contributed by atoms with E-state index >= 15 is 0 Å². The van der Waals surface area contributed by atoms with Gasteiger partial charge >= 0.3 is 0 Å². The van der Waals surface area contributed by atoms with E-state index in [1.165, 1.54) is 0 Å². The minimum absolute atomic E-state index is 0.105. The van der Waals surface area contributed by atoms with Crippen LogP contribution in [0.5, 0.6) is 0 Å². The number of aromatic nitrogens is 1. The lowest BCUT2D eigenvalue weighted by Gasteiger charge is -2.30. The molecule has 3 aromatic rings. The molecule has 0 aliphatic carbocycles. The molecule has 2 aromatic heterocycles. The number of anilines is 1. The predicted molar refractivity (Wildman–Crippen MR) is 104 cm³/mol. The van der Waals surface area contributed by atoms with Gasteiger partial charge in [-0.2, -0.15) is 0 Å². The SMILES string of the molecule is Cc1cc(NC(=O)C2CCN(C(=O)c3oc4c(Cl)cccc4c3C)CC2)no1. The number of amides is 2. The third-order valence-electron chi connectivity index (χ3n) is 5.14. The van der Waals surface area contributed by atoms with Crippen LogP contribution in [-0.2, 0) is 4.79 Å². The number of aryl methyl sites for hydroxylation is 2. The zero-order valence-electron chi connectivity index (χ0n) is 15.6. The quantitative estimate of drug-likeness (QED) is 0.711. The van der Waals surface area contributed by atoms with Gasteiger partial charge in [0.1, 0.15) is 5.76 Å². The molecule has 8 heteroatoms. The highest BCUT2D eigenvalue weighted by Gasteiger charge is 2.30. The van der Waals surface area contributed by atoms with E-state index in [2.05, 4.69) is 10.5 Å². The molecule has 1 saturated heterocycles. The Morgan fingerprint density at radius 2 is 2.00 bits per heavy atom. The van der Waals surface area contributed by atoms with Crippen LogP contribution < -0.4 is 5.32 Å². The summed E-state index contributed by atoms with van der Waals surface area (Å²) in [6.07, 6.45) is 1.16. The molecule has 28 heavy (non-hydrogen) atoms. The molecule has 3 heterocycles. The number of piperidine rings is 1. The van der Waals surface area contributed by atoms with Crippen molar-refractivity contribution in [2.45, 2.75) is 26.7 Å². The molecule has 1 N–H and O–H groups in total. The summed E-state index contributed by atoms with van der Waals surface area (Å²) < 4.78 is 10.7. The number of para-hydroxylation sites is 1. The molecule has 146 valence electrons. The standard InChI is InChI=1S/C20H20ClN3O4/c1-11-10-16(23-28-11)22-19(25)13-6-8-24(9-7-13)20(26)17-12(2)14-4-3-5-15(21)18(14)27-17/h3-5,10,13H,6-9H2,1-2H3,(H,22,23,25). The van der Waals surface area contributed by atoms with Crippen molar-refractivity contribution in [3.8, 4) is 0 Å². The summed E-state index contributed by atoms with van der Waals surface area (Å²) in [7, 11) is 0. The average molecular weight is 402 g/mol. The first-order valence-electron chi connectivity index (χ1n) is 9.15. The number of nitrogens with zero attached hydrogens (tertiary/aromatic N) is 2. The lowest BCUT2D eigenvalue weighted by Crippen LogP contribution is -2.41. The lowest BCUT2D eigenvalue weighted by molar-refractivity contribution is -0.121. The summed E-state index contributed by atoms with van der Waals surface area (Å²) in [6.45, 7) is 4.59. The van der Waals surface area contributed by atoms with Crippen LogP contribution in [0, 0.1) is 19.8 Å². The highest BCUT2D eigenvalue weighted by molar-refractivity contribution is 6.35. The highest BCUT2D eigenvalue weighted by Crippen LogP contribution is 2.32. The minimum atomic E-state index is -0.174. The van der Waals surface area contributed by atoms with Crippen molar-refractivity contribution in [1.82, 2.24) is 10.1 Å². The normalized spacial score (nSPS) is 15.2. The number of halogens is 1. The van der Waals surface area contributed by atoms with Gasteiger partial charge in [-0.15, -0.1) is 0 Å². The van der Waals surface area contributed by atoms with Gasteiger partial charge < -0.3 is 19.2 Å². The Labute approximate surface area is 166 Å². The van der Waals surface area contributed by atoms with Crippen LogP contribution in [0.1, 0.15) is 34.7 Å². The number of benzene rings is 1. The van der Waals surface area contributed by atoms with Gasteiger partial charge in [-0.05, 0) is 32.8 Å². The van der Waals surface area contributed by atoms with Crippen LogP contribution in [-0.4, -0.2) is 35.0 Å². The van der Waals surface area contributed by atoms with Gasteiger partial charge in [0.15, 0.2) is 17.2 Å². The molecule has 7 nitrogen and oxygen atoms in total. The third-order valence-corrected chi connectivity index (χ3v) is 5.44. The van der Waals surface area contributed by atoms with Crippen LogP contribution >= 0.6 is 11.6 Å². The molecule has 0 bridgehead atoms. The van der Waals surface area contributed by atoms with E-state index in [1.807, 2.05) is 19.1 Å². The van der Waals surface area contributed by atoms with Gasteiger partial charge in [-0.1, -0.05) is 28.9 Å². The number of fused-ring (bicyclic) bond motifs is 1. The Morgan fingerprint density at radius 1 is 1.25 bits per heavy atom. The number of hydrogen-bond acceptors (Lipinski definition) is 5. The fraction of sp³-hybridized carbons (Fsp3) is 0.350. The third kappa shape index (κ3) is 3.38. The Hall–Kier alpha value is -2.80. The number of furan rings is 1. The number of carbonyl (C=O) groups excluding carboxylic acids is 2. The molecule has 1 aliphatic rings. The van der Waals surface area contributed by atoms with Crippen molar-refractivity contribution >= 4 is 40.2 Å². The monoisotopic (exact) mass is 401 g/mol. The van der Waals surface area contributed by atoms with Crippen molar-refractivity contribution < 1.29 is 18.5 Å². The first kappa shape index (κ1) is 18.6. The van der Waals surface area contributed by atoms with Crippen molar-refractivity contribution in [3.05, 3.63) is 46.4 Å². The smallest absolute Gasteiger partial charge is 0.289 e. The average Bonchev–Trinajstić information content (AvgIpc) is 3.25. The lowest BCUT2D eigenvalue weighted by atomic mass is 9.95. The molecule has 1 aromatic carbocycles. The summed E-state index contributed by atoms with van der Waals surface area (Å²) in [4.78, 5) is 27.1. The summed E-state index contributed by atoms with van der Waals surface area (Å²) in [6, 6.07) is 7.13. The second kappa shape index (κ2) is 7.31. The molecule has 0 atom stereocenters. The summed E-state index contributed by atoms with van der Waals surface area (Å²) in [5.41, 5.74) is 1.31. The Balaban J connectivity index is 1.42.